The summed E-state index contributed by atoms with van der Waals surface area (Å²) < 4.78 is 15.1. The number of amides is 2. The minimum absolute atomic E-state index is 0.0962. The van der Waals surface area contributed by atoms with Crippen LogP contribution in [0.1, 0.15) is 36.7 Å². The van der Waals surface area contributed by atoms with Gasteiger partial charge in [-0.25, -0.2) is 14.4 Å². The molecule has 1 aliphatic rings. The molecule has 1 aliphatic heterocycles. The second-order valence-corrected chi connectivity index (χ2v) is 8.73. The van der Waals surface area contributed by atoms with Gasteiger partial charge in [0.05, 0.1) is 12.7 Å². The predicted molar refractivity (Wildman–Crippen MR) is 112 cm³/mol. The Kier molecular flexibility index (Phi) is 8.14. The molecule has 0 saturated heterocycles. The number of carbonyl (C=O) groups excluding carboxylic acids is 4. The van der Waals surface area contributed by atoms with Crippen LogP contribution in [0.15, 0.2) is 18.2 Å². The van der Waals surface area contributed by atoms with Gasteiger partial charge in [-0.15, -0.1) is 0 Å². The largest absolute Gasteiger partial charge is 0.508 e. The third-order valence-electron chi connectivity index (χ3n) is 4.09. The highest BCUT2D eigenvalue weighted by atomic mass is 32.2. The molecular formula is C20H26N2O8S. The number of fused-ring (bicyclic) bond motifs is 1. The second-order valence-electron chi connectivity index (χ2n) is 7.70. The lowest BCUT2D eigenvalue weighted by Crippen LogP contribution is -2.55. The zero-order valence-corrected chi connectivity index (χ0v) is 18.5. The lowest BCUT2D eigenvalue weighted by atomic mass is 10.1. The van der Waals surface area contributed by atoms with Crippen LogP contribution >= 0.6 is 11.8 Å². The summed E-state index contributed by atoms with van der Waals surface area (Å²) in [5.74, 6) is -1.98. The summed E-state index contributed by atoms with van der Waals surface area (Å²) in [5.41, 5.74) is -0.353. The van der Waals surface area contributed by atoms with Crippen molar-refractivity contribution >= 4 is 35.7 Å². The van der Waals surface area contributed by atoms with E-state index in [1.807, 2.05) is 0 Å². The third-order valence-corrected chi connectivity index (χ3v) is 5.15. The van der Waals surface area contributed by atoms with Gasteiger partial charge in [-0.3, -0.25) is 4.79 Å². The Labute approximate surface area is 184 Å². The molecular weight excluding hydrogens is 428 g/mol. The Morgan fingerprint density at radius 1 is 1.29 bits per heavy atom. The van der Waals surface area contributed by atoms with Crippen LogP contribution in [0.5, 0.6) is 5.75 Å². The molecule has 0 saturated carbocycles. The zero-order valence-electron chi connectivity index (χ0n) is 17.7. The van der Waals surface area contributed by atoms with E-state index in [9.17, 15) is 24.3 Å². The lowest BCUT2D eigenvalue weighted by molar-refractivity contribution is -0.144. The molecule has 1 aromatic carbocycles. The van der Waals surface area contributed by atoms with E-state index in [0.29, 0.717) is 5.56 Å². The van der Waals surface area contributed by atoms with Crippen LogP contribution in [-0.2, 0) is 29.6 Å². The number of phenols is 1. The average Bonchev–Trinajstić information content (AvgIpc) is 2.68. The van der Waals surface area contributed by atoms with Gasteiger partial charge >= 0.3 is 18.0 Å². The fourth-order valence-electron chi connectivity index (χ4n) is 2.65. The monoisotopic (exact) mass is 454 g/mol. The SMILES string of the molecule is COC(=O)[C@@H]1CSCc2c(O)cccc2C(=O)OC[C@H](NC(=O)OC(C)(C)C)C(=O)N1. The molecule has 2 rings (SSSR count). The van der Waals surface area contributed by atoms with E-state index < -0.39 is 48.2 Å². The van der Waals surface area contributed by atoms with E-state index in [1.54, 1.807) is 20.8 Å². The van der Waals surface area contributed by atoms with Crippen molar-refractivity contribution in [2.45, 2.75) is 44.2 Å². The summed E-state index contributed by atoms with van der Waals surface area (Å²) in [5, 5.41) is 15.0. The normalized spacial score (nSPS) is 20.1. The Bertz CT molecular complexity index is 852. The number of nitrogens with one attached hydrogen (secondary N) is 2. The van der Waals surface area contributed by atoms with Crippen molar-refractivity contribution in [3.8, 4) is 5.75 Å². The van der Waals surface area contributed by atoms with Gasteiger partial charge in [-0.2, -0.15) is 11.8 Å². The molecule has 31 heavy (non-hydrogen) atoms. The standard InChI is InChI=1S/C20H26N2O8S/c1-20(2,3)30-19(27)22-13-8-29-17(25)11-6-5-7-15(23)12(11)9-31-10-14(18(26)28-4)21-16(13)24/h5-7,13-14,23H,8-10H2,1-4H3,(H,21,24)(H,22,27)/t13-,14-/m0/s1. The maximum atomic E-state index is 12.7. The van der Waals surface area contributed by atoms with Crippen molar-refractivity contribution in [2.24, 2.45) is 0 Å². The van der Waals surface area contributed by atoms with Gasteiger partial charge in [0.1, 0.15) is 30.0 Å². The van der Waals surface area contributed by atoms with E-state index >= 15 is 0 Å². The molecule has 170 valence electrons. The van der Waals surface area contributed by atoms with Gasteiger partial charge in [0.15, 0.2) is 0 Å². The number of esters is 2. The van der Waals surface area contributed by atoms with Crippen LogP contribution in [0, 0.1) is 0 Å². The summed E-state index contributed by atoms with van der Waals surface area (Å²) in [6.07, 6.45) is -0.891. The van der Waals surface area contributed by atoms with Gasteiger partial charge < -0.3 is 30.0 Å². The number of carbonyl (C=O) groups is 4. The number of hydrogen-bond acceptors (Lipinski definition) is 9. The van der Waals surface area contributed by atoms with E-state index in [4.69, 9.17) is 14.2 Å². The van der Waals surface area contributed by atoms with E-state index in [1.165, 1.54) is 37.1 Å². The van der Waals surface area contributed by atoms with Crippen LogP contribution in [0.2, 0.25) is 0 Å². The Hall–Kier alpha value is -2.95. The first-order valence-electron chi connectivity index (χ1n) is 9.45. The maximum absolute atomic E-state index is 12.7. The Morgan fingerprint density at radius 2 is 2.00 bits per heavy atom. The molecule has 11 heteroatoms. The van der Waals surface area contributed by atoms with Crippen molar-refractivity contribution in [3.63, 3.8) is 0 Å². The minimum atomic E-state index is -1.32. The summed E-state index contributed by atoms with van der Waals surface area (Å²) in [6, 6.07) is 2.07. The number of hydrogen-bond donors (Lipinski definition) is 3. The molecule has 0 radical (unpaired) electrons. The number of rotatable bonds is 2. The van der Waals surface area contributed by atoms with Crippen LogP contribution in [-0.4, -0.2) is 66.2 Å². The van der Waals surface area contributed by atoms with E-state index in [-0.39, 0.29) is 22.8 Å². The average molecular weight is 455 g/mol. The molecule has 10 nitrogen and oxygen atoms in total. The second kappa shape index (κ2) is 10.4. The fraction of sp³-hybridized carbons (Fsp3) is 0.500. The maximum Gasteiger partial charge on any atom is 0.408 e. The van der Waals surface area contributed by atoms with Crippen molar-refractivity contribution in [1.82, 2.24) is 10.6 Å². The van der Waals surface area contributed by atoms with Gasteiger partial charge in [0, 0.05) is 17.1 Å². The number of benzene rings is 1. The van der Waals surface area contributed by atoms with Gasteiger partial charge in [-0.1, -0.05) is 6.07 Å². The number of methoxy groups -OCH3 is 1. The van der Waals surface area contributed by atoms with Gasteiger partial charge in [0.2, 0.25) is 5.91 Å². The highest BCUT2D eigenvalue weighted by molar-refractivity contribution is 7.98. The number of ether oxygens (including phenoxy) is 3. The summed E-state index contributed by atoms with van der Waals surface area (Å²) >= 11 is 1.21. The Balaban J connectivity index is 2.32. The molecule has 0 spiro atoms. The minimum Gasteiger partial charge on any atom is -0.508 e. The molecule has 2 amide bonds. The molecule has 0 fully saturated rings. The first-order chi connectivity index (χ1) is 14.5. The Morgan fingerprint density at radius 3 is 2.65 bits per heavy atom. The van der Waals surface area contributed by atoms with Crippen LogP contribution in [0.3, 0.4) is 0 Å². The van der Waals surface area contributed by atoms with Crippen molar-refractivity contribution in [2.75, 3.05) is 19.5 Å². The first kappa shape index (κ1) is 24.3. The first-order valence-corrected chi connectivity index (χ1v) is 10.6. The van der Waals surface area contributed by atoms with Crippen molar-refractivity contribution in [1.29, 1.82) is 0 Å². The molecule has 0 aromatic heterocycles. The number of cyclic esters (lactones) is 1. The summed E-state index contributed by atoms with van der Waals surface area (Å²) in [6.45, 7) is 4.45. The van der Waals surface area contributed by atoms with Gasteiger partial charge in [0.25, 0.3) is 0 Å². The van der Waals surface area contributed by atoms with Gasteiger partial charge in [-0.05, 0) is 32.9 Å². The molecule has 0 aliphatic carbocycles. The third kappa shape index (κ3) is 7.06. The molecule has 0 bridgehead atoms. The molecule has 0 unspecified atom stereocenters. The highest BCUT2D eigenvalue weighted by Crippen LogP contribution is 2.27. The smallest absolute Gasteiger partial charge is 0.408 e. The van der Waals surface area contributed by atoms with Crippen LogP contribution in [0.4, 0.5) is 4.79 Å². The topological polar surface area (TPSA) is 140 Å². The van der Waals surface area contributed by atoms with Crippen molar-refractivity contribution in [3.05, 3.63) is 29.3 Å². The van der Waals surface area contributed by atoms with Crippen LogP contribution in [0.25, 0.3) is 0 Å². The van der Waals surface area contributed by atoms with E-state index in [0.717, 1.165) is 0 Å². The lowest BCUT2D eigenvalue weighted by Gasteiger charge is -2.25. The van der Waals surface area contributed by atoms with Crippen LogP contribution < -0.4 is 10.6 Å². The predicted octanol–water partition coefficient (Wildman–Crippen LogP) is 1.35. The fourth-order valence-corrected chi connectivity index (χ4v) is 3.73. The van der Waals surface area contributed by atoms with E-state index in [2.05, 4.69) is 10.6 Å². The number of aromatic hydroxyl groups is 1. The van der Waals surface area contributed by atoms with Crippen molar-refractivity contribution < 1.29 is 38.5 Å². The zero-order chi connectivity index (χ0) is 23.2. The quantitative estimate of drug-likeness (QED) is 0.446. The number of phenolic OH excluding ortho intramolecular Hbond substituents is 1. The molecule has 1 heterocycles. The summed E-state index contributed by atoms with van der Waals surface area (Å²) in [7, 11) is 1.19. The summed E-state index contributed by atoms with van der Waals surface area (Å²) in [4.78, 5) is 49.6. The number of alkyl carbamates (subject to hydrolysis) is 1. The molecule has 1 aromatic rings. The highest BCUT2D eigenvalue weighted by Gasteiger charge is 2.31. The molecule has 2 atom stereocenters. The number of thioether (sulfide) groups is 1. The molecule has 3 N–H and O–H groups in total.